The maximum Gasteiger partial charge on any atom is 0.328 e. The molecular weight excluding hydrogens is 289 g/mol. The van der Waals surface area contributed by atoms with Gasteiger partial charge in [0.05, 0.1) is 12.0 Å². The van der Waals surface area contributed by atoms with Crippen LogP contribution < -0.4 is 9.64 Å². The molecular formula is C15H20FN3O3. The third-order valence-corrected chi connectivity index (χ3v) is 4.92. The van der Waals surface area contributed by atoms with Gasteiger partial charge in [0.1, 0.15) is 11.4 Å². The van der Waals surface area contributed by atoms with Gasteiger partial charge in [0.15, 0.2) is 0 Å². The van der Waals surface area contributed by atoms with Crippen molar-refractivity contribution in [2.24, 2.45) is 0 Å². The molecule has 22 heavy (non-hydrogen) atoms. The van der Waals surface area contributed by atoms with Gasteiger partial charge in [0.2, 0.25) is 5.82 Å². The summed E-state index contributed by atoms with van der Waals surface area (Å²) < 4.78 is 19.2. The highest BCUT2D eigenvalue weighted by molar-refractivity contribution is 5.67. The summed E-state index contributed by atoms with van der Waals surface area (Å²) in [5.41, 5.74) is -0.135. The summed E-state index contributed by atoms with van der Waals surface area (Å²) in [6.07, 6.45) is 3.18. The van der Waals surface area contributed by atoms with Crippen LogP contribution in [0.3, 0.4) is 0 Å². The molecule has 2 fully saturated rings. The lowest BCUT2D eigenvalue weighted by atomic mass is 10.1. The maximum atomic E-state index is 14.1. The summed E-state index contributed by atoms with van der Waals surface area (Å²) >= 11 is 0. The van der Waals surface area contributed by atoms with E-state index in [1.54, 1.807) is 6.07 Å². The summed E-state index contributed by atoms with van der Waals surface area (Å²) in [4.78, 5) is 14.9. The van der Waals surface area contributed by atoms with E-state index in [0.717, 1.165) is 18.9 Å². The standard InChI is InChI=1S/C15H20FN3O3/c1-17-10-3-4-11(17)9-18(6-5-10)14-8-12(22-2)7-13(16)15(14)19(20)21/h7-8,10-11H,3-6,9H2,1-2H3. The van der Waals surface area contributed by atoms with Crippen LogP contribution in [-0.4, -0.2) is 49.2 Å². The molecule has 0 N–H and O–H groups in total. The van der Waals surface area contributed by atoms with Gasteiger partial charge in [-0.3, -0.25) is 15.0 Å². The van der Waals surface area contributed by atoms with Crippen molar-refractivity contribution in [3.63, 3.8) is 0 Å². The van der Waals surface area contributed by atoms with Gasteiger partial charge in [-0.25, -0.2) is 0 Å². The number of hydrogen-bond donors (Lipinski definition) is 0. The van der Waals surface area contributed by atoms with Crippen molar-refractivity contribution >= 4 is 11.4 Å². The molecule has 2 atom stereocenters. The van der Waals surface area contributed by atoms with Crippen molar-refractivity contribution in [1.82, 2.24) is 4.90 Å². The molecule has 0 amide bonds. The monoisotopic (exact) mass is 309 g/mol. The average molecular weight is 309 g/mol. The van der Waals surface area contributed by atoms with Crippen LogP contribution in [0.25, 0.3) is 0 Å². The second-order valence-electron chi connectivity index (χ2n) is 6.02. The average Bonchev–Trinajstić information content (AvgIpc) is 2.70. The van der Waals surface area contributed by atoms with Crippen molar-refractivity contribution in [2.45, 2.75) is 31.3 Å². The van der Waals surface area contributed by atoms with Gasteiger partial charge in [-0.15, -0.1) is 0 Å². The second kappa shape index (κ2) is 5.72. The summed E-state index contributed by atoms with van der Waals surface area (Å²) in [6.45, 7) is 1.37. The van der Waals surface area contributed by atoms with Gasteiger partial charge >= 0.3 is 5.69 Å². The van der Waals surface area contributed by atoms with E-state index >= 15 is 0 Å². The Morgan fingerprint density at radius 1 is 1.32 bits per heavy atom. The van der Waals surface area contributed by atoms with Crippen LogP contribution in [-0.2, 0) is 0 Å². The lowest BCUT2D eigenvalue weighted by Crippen LogP contribution is -2.36. The van der Waals surface area contributed by atoms with Crippen molar-refractivity contribution in [2.75, 3.05) is 32.1 Å². The Bertz CT molecular complexity index is 596. The van der Waals surface area contributed by atoms with E-state index in [-0.39, 0.29) is 0 Å². The van der Waals surface area contributed by atoms with E-state index < -0.39 is 16.4 Å². The number of nitro benzene ring substituents is 1. The Kier molecular flexibility index (Phi) is 3.90. The molecule has 2 unspecified atom stereocenters. The number of fused-ring (bicyclic) bond motifs is 2. The Morgan fingerprint density at radius 3 is 2.73 bits per heavy atom. The van der Waals surface area contributed by atoms with Crippen LogP contribution in [0.4, 0.5) is 15.8 Å². The van der Waals surface area contributed by atoms with Gasteiger partial charge in [-0.2, -0.15) is 4.39 Å². The largest absolute Gasteiger partial charge is 0.497 e. The predicted molar refractivity (Wildman–Crippen MR) is 81.0 cm³/mol. The molecule has 2 aliphatic heterocycles. The number of hydrogen-bond acceptors (Lipinski definition) is 5. The van der Waals surface area contributed by atoms with E-state index in [1.807, 2.05) is 4.90 Å². The van der Waals surface area contributed by atoms with Crippen LogP contribution in [0.15, 0.2) is 12.1 Å². The van der Waals surface area contributed by atoms with Gasteiger partial charge in [0, 0.05) is 37.3 Å². The quantitative estimate of drug-likeness (QED) is 0.634. The molecule has 0 saturated carbocycles. The van der Waals surface area contributed by atoms with Crippen LogP contribution in [0, 0.1) is 15.9 Å². The maximum absolute atomic E-state index is 14.1. The van der Waals surface area contributed by atoms with E-state index in [0.29, 0.717) is 36.6 Å². The normalized spacial score (nSPS) is 25.1. The zero-order valence-corrected chi connectivity index (χ0v) is 12.8. The van der Waals surface area contributed by atoms with E-state index in [9.17, 15) is 14.5 Å². The molecule has 2 bridgehead atoms. The highest BCUT2D eigenvalue weighted by atomic mass is 19.1. The fourth-order valence-electron chi connectivity index (χ4n) is 3.63. The minimum absolute atomic E-state index is 0.306. The Morgan fingerprint density at radius 2 is 2.05 bits per heavy atom. The molecule has 1 aromatic rings. The van der Waals surface area contributed by atoms with E-state index in [1.165, 1.54) is 13.5 Å². The highest BCUT2D eigenvalue weighted by Gasteiger charge is 2.37. The van der Waals surface area contributed by atoms with E-state index in [2.05, 4.69) is 11.9 Å². The van der Waals surface area contributed by atoms with Crippen molar-refractivity contribution in [3.8, 4) is 5.75 Å². The molecule has 2 saturated heterocycles. The lowest BCUT2D eigenvalue weighted by Gasteiger charge is -2.27. The zero-order valence-electron chi connectivity index (χ0n) is 12.8. The van der Waals surface area contributed by atoms with E-state index in [4.69, 9.17) is 4.74 Å². The fourth-order valence-corrected chi connectivity index (χ4v) is 3.63. The molecule has 0 spiro atoms. The van der Waals surface area contributed by atoms with Gasteiger partial charge < -0.3 is 9.64 Å². The fraction of sp³-hybridized carbons (Fsp3) is 0.600. The minimum atomic E-state index is -0.845. The zero-order chi connectivity index (χ0) is 15.9. The molecule has 0 aliphatic carbocycles. The molecule has 7 heteroatoms. The third-order valence-electron chi connectivity index (χ3n) is 4.92. The SMILES string of the molecule is COc1cc(F)c([N+](=O)[O-])c(N2CCC3CCC(C2)N3C)c1. The number of rotatable bonds is 3. The first-order valence-corrected chi connectivity index (χ1v) is 7.50. The van der Waals surface area contributed by atoms with Crippen molar-refractivity contribution in [1.29, 1.82) is 0 Å². The number of ether oxygens (including phenoxy) is 1. The number of halogens is 1. The number of likely N-dealkylation sites (N-methyl/N-ethyl adjacent to an activating group) is 1. The van der Waals surface area contributed by atoms with Crippen LogP contribution >= 0.6 is 0 Å². The number of nitrogens with zero attached hydrogens (tertiary/aromatic N) is 3. The molecule has 3 rings (SSSR count). The third kappa shape index (κ3) is 2.49. The molecule has 2 aliphatic rings. The molecule has 0 aromatic heterocycles. The summed E-state index contributed by atoms with van der Waals surface area (Å²) in [7, 11) is 3.54. The van der Waals surface area contributed by atoms with Gasteiger partial charge in [0.25, 0.3) is 0 Å². The van der Waals surface area contributed by atoms with Crippen LogP contribution in [0.2, 0.25) is 0 Å². The van der Waals surface area contributed by atoms with Crippen molar-refractivity contribution in [3.05, 3.63) is 28.1 Å². The lowest BCUT2D eigenvalue weighted by molar-refractivity contribution is -0.386. The molecule has 6 nitrogen and oxygen atoms in total. The summed E-state index contributed by atoms with van der Waals surface area (Å²) in [5.74, 6) is -0.539. The first-order valence-electron chi connectivity index (χ1n) is 7.50. The van der Waals surface area contributed by atoms with Crippen LogP contribution in [0.5, 0.6) is 5.75 Å². The number of nitro groups is 1. The number of anilines is 1. The molecule has 1 aromatic carbocycles. The highest BCUT2D eigenvalue weighted by Crippen LogP contribution is 2.38. The van der Waals surface area contributed by atoms with Crippen molar-refractivity contribution < 1.29 is 14.1 Å². The number of methoxy groups -OCH3 is 1. The Labute approximate surface area is 128 Å². The smallest absolute Gasteiger partial charge is 0.328 e. The minimum Gasteiger partial charge on any atom is -0.497 e. The van der Waals surface area contributed by atoms with Crippen LogP contribution in [0.1, 0.15) is 19.3 Å². The molecule has 2 heterocycles. The van der Waals surface area contributed by atoms with Gasteiger partial charge in [-0.1, -0.05) is 0 Å². The first-order chi connectivity index (χ1) is 10.5. The predicted octanol–water partition coefficient (Wildman–Crippen LogP) is 2.42. The topological polar surface area (TPSA) is 58.9 Å². The summed E-state index contributed by atoms with van der Waals surface area (Å²) in [5, 5.41) is 11.3. The van der Waals surface area contributed by atoms with Gasteiger partial charge in [-0.05, 0) is 26.3 Å². The Balaban J connectivity index is 1.99. The second-order valence-corrected chi connectivity index (χ2v) is 6.02. The Hall–Kier alpha value is -1.89. The molecule has 120 valence electrons. The first kappa shape index (κ1) is 15.0. The molecule has 0 radical (unpaired) electrons. The summed E-state index contributed by atoms with van der Waals surface area (Å²) in [6, 6.07) is 3.52. The number of benzene rings is 1.